The van der Waals surface area contributed by atoms with E-state index >= 15 is 0 Å². The molecule has 0 atom stereocenters. The summed E-state index contributed by atoms with van der Waals surface area (Å²) in [6.45, 7) is 5.46. The van der Waals surface area contributed by atoms with Crippen LogP contribution in [0.5, 0.6) is 11.6 Å². The van der Waals surface area contributed by atoms with Crippen molar-refractivity contribution in [3.05, 3.63) is 59.2 Å². The van der Waals surface area contributed by atoms with Crippen molar-refractivity contribution in [1.29, 1.82) is 0 Å². The van der Waals surface area contributed by atoms with Gasteiger partial charge in [0.15, 0.2) is 0 Å². The lowest BCUT2D eigenvalue weighted by molar-refractivity contribution is 0.392. The van der Waals surface area contributed by atoms with Gasteiger partial charge in [0, 0.05) is 17.3 Å². The smallest absolute Gasteiger partial charge is 0.262 e. The fraction of sp³-hybridized carbons (Fsp3) is 0.238. The summed E-state index contributed by atoms with van der Waals surface area (Å²) in [5, 5.41) is 8.03. The van der Waals surface area contributed by atoms with Crippen molar-refractivity contribution in [1.82, 2.24) is 10.2 Å². The van der Waals surface area contributed by atoms with Gasteiger partial charge in [-0.3, -0.25) is 4.72 Å². The van der Waals surface area contributed by atoms with Crippen molar-refractivity contribution in [2.45, 2.75) is 25.7 Å². The number of nitrogens with zero attached hydrogens (tertiary/aromatic N) is 2. The van der Waals surface area contributed by atoms with Gasteiger partial charge < -0.3 is 9.47 Å². The number of ether oxygens (including phenoxy) is 2. The third kappa shape index (κ3) is 4.17. The van der Waals surface area contributed by atoms with Crippen LogP contribution in [0.2, 0.25) is 0 Å². The Morgan fingerprint density at radius 1 is 0.862 bits per heavy atom. The molecule has 0 fully saturated rings. The van der Waals surface area contributed by atoms with E-state index in [2.05, 4.69) is 14.9 Å². The number of hydrogen-bond donors (Lipinski definition) is 1. The highest BCUT2D eigenvalue weighted by Gasteiger charge is 2.21. The number of anilines is 1. The standard InChI is InChI=1S/C21H23N3O4S/c1-13-12-19(14(2)15(3)21(13)28-5)29(25,26)24-17-8-6-16(7-9-17)18-10-11-20(27-4)23-22-18/h6-12,24H,1-5H3. The number of aryl methyl sites for hydroxylation is 1. The molecule has 0 amide bonds. The number of nitrogens with one attached hydrogen (secondary N) is 1. The Hall–Kier alpha value is -3.13. The molecule has 2 aromatic carbocycles. The molecule has 29 heavy (non-hydrogen) atoms. The van der Waals surface area contributed by atoms with E-state index in [1.165, 1.54) is 7.11 Å². The van der Waals surface area contributed by atoms with Crippen LogP contribution in [-0.4, -0.2) is 32.8 Å². The van der Waals surface area contributed by atoms with Gasteiger partial charge in [0.25, 0.3) is 10.0 Å². The lowest BCUT2D eigenvalue weighted by Gasteiger charge is -2.16. The van der Waals surface area contributed by atoms with Gasteiger partial charge >= 0.3 is 0 Å². The summed E-state index contributed by atoms with van der Waals surface area (Å²) >= 11 is 0. The van der Waals surface area contributed by atoms with Gasteiger partial charge in [-0.2, -0.15) is 0 Å². The summed E-state index contributed by atoms with van der Waals surface area (Å²) in [6.07, 6.45) is 0. The first-order valence-corrected chi connectivity index (χ1v) is 10.4. The molecule has 1 aromatic heterocycles. The normalized spacial score (nSPS) is 11.2. The number of hydrogen-bond acceptors (Lipinski definition) is 6. The Kier molecular flexibility index (Phi) is 5.74. The minimum atomic E-state index is -3.75. The summed E-state index contributed by atoms with van der Waals surface area (Å²) < 4.78 is 38.9. The zero-order chi connectivity index (χ0) is 21.2. The maximum Gasteiger partial charge on any atom is 0.262 e. The number of benzene rings is 2. The summed E-state index contributed by atoms with van der Waals surface area (Å²) in [6, 6.07) is 12.1. The Morgan fingerprint density at radius 2 is 1.55 bits per heavy atom. The van der Waals surface area contributed by atoms with Crippen LogP contribution in [0.4, 0.5) is 5.69 Å². The predicted molar refractivity (Wildman–Crippen MR) is 112 cm³/mol. The molecule has 1 N–H and O–H groups in total. The monoisotopic (exact) mass is 413 g/mol. The first kappa shape index (κ1) is 20.6. The molecule has 0 radical (unpaired) electrons. The van der Waals surface area contributed by atoms with E-state index in [1.54, 1.807) is 56.5 Å². The Morgan fingerprint density at radius 3 is 2.10 bits per heavy atom. The summed E-state index contributed by atoms with van der Waals surface area (Å²) in [4.78, 5) is 0.235. The molecule has 0 spiro atoms. The van der Waals surface area contributed by atoms with Crippen molar-refractivity contribution >= 4 is 15.7 Å². The van der Waals surface area contributed by atoms with Gasteiger partial charge in [-0.05, 0) is 61.7 Å². The van der Waals surface area contributed by atoms with E-state index in [1.807, 2.05) is 13.8 Å². The zero-order valence-electron chi connectivity index (χ0n) is 17.0. The number of methoxy groups -OCH3 is 2. The average molecular weight is 413 g/mol. The fourth-order valence-corrected chi connectivity index (χ4v) is 4.56. The minimum Gasteiger partial charge on any atom is -0.496 e. The molecule has 0 saturated heterocycles. The predicted octanol–water partition coefficient (Wildman–Crippen LogP) is 3.89. The van der Waals surface area contributed by atoms with Crippen LogP contribution >= 0.6 is 0 Å². The number of aromatic nitrogens is 2. The minimum absolute atomic E-state index is 0.235. The maximum atomic E-state index is 13.0. The molecular weight excluding hydrogens is 390 g/mol. The van der Waals surface area contributed by atoms with Gasteiger partial charge in [0.2, 0.25) is 5.88 Å². The van der Waals surface area contributed by atoms with Gasteiger partial charge in [0.05, 0.1) is 24.8 Å². The molecular formula is C21H23N3O4S. The van der Waals surface area contributed by atoms with Crippen LogP contribution < -0.4 is 14.2 Å². The van der Waals surface area contributed by atoms with E-state index in [-0.39, 0.29) is 4.90 Å². The molecule has 3 aromatic rings. The largest absolute Gasteiger partial charge is 0.496 e. The Labute approximate surface area is 170 Å². The lowest BCUT2D eigenvalue weighted by Crippen LogP contribution is -2.15. The number of sulfonamides is 1. The Balaban J connectivity index is 1.87. The molecule has 0 aliphatic carbocycles. The molecule has 152 valence electrons. The zero-order valence-corrected chi connectivity index (χ0v) is 17.8. The van der Waals surface area contributed by atoms with Crippen LogP contribution in [0.15, 0.2) is 47.4 Å². The van der Waals surface area contributed by atoms with Gasteiger partial charge in [-0.15, -0.1) is 10.2 Å². The van der Waals surface area contributed by atoms with E-state index in [9.17, 15) is 8.42 Å². The summed E-state index contributed by atoms with van der Waals surface area (Å²) in [7, 11) is -0.645. The molecule has 3 rings (SSSR count). The molecule has 7 nitrogen and oxygen atoms in total. The van der Waals surface area contributed by atoms with Crippen molar-refractivity contribution in [2.75, 3.05) is 18.9 Å². The van der Waals surface area contributed by atoms with Crippen molar-refractivity contribution in [3.8, 4) is 22.9 Å². The first-order chi connectivity index (χ1) is 13.8. The fourth-order valence-electron chi connectivity index (χ4n) is 3.12. The average Bonchev–Trinajstić information content (AvgIpc) is 2.71. The van der Waals surface area contributed by atoms with E-state index in [4.69, 9.17) is 9.47 Å². The van der Waals surface area contributed by atoms with Crippen LogP contribution in [0.3, 0.4) is 0 Å². The third-order valence-electron chi connectivity index (χ3n) is 4.75. The molecule has 0 aliphatic rings. The topological polar surface area (TPSA) is 90.4 Å². The van der Waals surface area contributed by atoms with Gasteiger partial charge in [0.1, 0.15) is 5.75 Å². The molecule has 0 aliphatic heterocycles. The van der Waals surface area contributed by atoms with Crippen LogP contribution in [-0.2, 0) is 10.0 Å². The molecule has 0 unspecified atom stereocenters. The van der Waals surface area contributed by atoms with E-state index < -0.39 is 10.0 Å². The maximum absolute atomic E-state index is 13.0. The van der Waals surface area contributed by atoms with E-state index in [0.717, 1.165) is 16.7 Å². The van der Waals surface area contributed by atoms with Crippen molar-refractivity contribution < 1.29 is 17.9 Å². The SMILES string of the molecule is COc1ccc(-c2ccc(NS(=O)(=O)c3cc(C)c(OC)c(C)c3C)cc2)nn1. The second-order valence-corrected chi connectivity index (χ2v) is 8.27. The van der Waals surface area contributed by atoms with Crippen molar-refractivity contribution in [3.63, 3.8) is 0 Å². The number of rotatable bonds is 6. The lowest BCUT2D eigenvalue weighted by atomic mass is 10.1. The van der Waals surface area contributed by atoms with Crippen LogP contribution in [0.1, 0.15) is 16.7 Å². The highest BCUT2D eigenvalue weighted by atomic mass is 32.2. The van der Waals surface area contributed by atoms with E-state index in [0.29, 0.717) is 28.6 Å². The third-order valence-corrected chi connectivity index (χ3v) is 6.26. The quantitative estimate of drug-likeness (QED) is 0.659. The molecule has 1 heterocycles. The van der Waals surface area contributed by atoms with Gasteiger partial charge in [-0.1, -0.05) is 12.1 Å². The Bertz CT molecular complexity index is 1130. The second-order valence-electron chi connectivity index (χ2n) is 6.62. The highest BCUT2D eigenvalue weighted by molar-refractivity contribution is 7.92. The van der Waals surface area contributed by atoms with Crippen LogP contribution in [0.25, 0.3) is 11.3 Å². The summed E-state index contributed by atoms with van der Waals surface area (Å²) in [5.41, 5.74) is 4.17. The second kappa shape index (κ2) is 8.08. The van der Waals surface area contributed by atoms with Crippen LogP contribution in [0, 0.1) is 20.8 Å². The molecule has 0 bridgehead atoms. The first-order valence-electron chi connectivity index (χ1n) is 8.92. The summed E-state index contributed by atoms with van der Waals surface area (Å²) in [5.74, 6) is 1.13. The molecule has 0 saturated carbocycles. The van der Waals surface area contributed by atoms with Gasteiger partial charge in [-0.25, -0.2) is 8.42 Å². The van der Waals surface area contributed by atoms with Crippen molar-refractivity contribution in [2.24, 2.45) is 0 Å². The molecule has 8 heteroatoms. The highest BCUT2D eigenvalue weighted by Crippen LogP contribution is 2.32.